The van der Waals surface area contributed by atoms with E-state index in [1.165, 1.54) is 51.4 Å². The lowest BCUT2D eigenvalue weighted by Gasteiger charge is -2.36. The maximum absolute atomic E-state index is 6.05. The van der Waals surface area contributed by atoms with Crippen molar-refractivity contribution in [3.8, 4) is 0 Å². The Morgan fingerprint density at radius 2 is 2.06 bits per heavy atom. The molecule has 1 saturated carbocycles. The van der Waals surface area contributed by atoms with Gasteiger partial charge >= 0.3 is 0 Å². The summed E-state index contributed by atoms with van der Waals surface area (Å²) < 4.78 is 6.05. The lowest BCUT2D eigenvalue weighted by Crippen LogP contribution is -2.49. The van der Waals surface area contributed by atoms with Crippen molar-refractivity contribution in [3.05, 3.63) is 0 Å². The highest BCUT2D eigenvalue weighted by molar-refractivity contribution is 4.94. The van der Waals surface area contributed by atoms with Crippen molar-refractivity contribution in [3.63, 3.8) is 0 Å². The highest BCUT2D eigenvalue weighted by Crippen LogP contribution is 2.36. The quantitative estimate of drug-likeness (QED) is 0.766. The largest absolute Gasteiger partial charge is 0.374 e. The van der Waals surface area contributed by atoms with Crippen LogP contribution in [0, 0.1) is 5.92 Å². The Bertz CT molecular complexity index is 217. The van der Waals surface area contributed by atoms with E-state index in [4.69, 9.17) is 4.74 Å². The van der Waals surface area contributed by atoms with Crippen LogP contribution in [-0.4, -0.2) is 24.8 Å². The summed E-state index contributed by atoms with van der Waals surface area (Å²) in [6.07, 6.45) is 10.8. The van der Waals surface area contributed by atoms with E-state index in [0.29, 0.717) is 6.04 Å². The molecule has 2 heteroatoms. The number of hydrogen-bond donors (Lipinski definition) is 1. The van der Waals surface area contributed by atoms with Crippen molar-refractivity contribution in [2.45, 2.75) is 76.9 Å². The Labute approximate surface area is 107 Å². The monoisotopic (exact) mass is 239 g/mol. The summed E-state index contributed by atoms with van der Waals surface area (Å²) in [6.45, 7) is 6.67. The molecule has 2 rings (SSSR count). The van der Waals surface area contributed by atoms with Gasteiger partial charge in [0, 0.05) is 12.6 Å². The van der Waals surface area contributed by atoms with Crippen LogP contribution in [0.5, 0.6) is 0 Å². The van der Waals surface area contributed by atoms with Crippen molar-refractivity contribution >= 4 is 0 Å². The van der Waals surface area contributed by atoms with Crippen molar-refractivity contribution in [2.75, 3.05) is 13.2 Å². The molecule has 1 saturated heterocycles. The molecule has 0 aromatic carbocycles. The van der Waals surface area contributed by atoms with Gasteiger partial charge in [0.2, 0.25) is 0 Å². The van der Waals surface area contributed by atoms with E-state index in [1.54, 1.807) is 0 Å². The molecule has 0 spiro atoms. The number of rotatable bonds is 6. The van der Waals surface area contributed by atoms with E-state index >= 15 is 0 Å². The van der Waals surface area contributed by atoms with Crippen molar-refractivity contribution in [1.29, 1.82) is 0 Å². The zero-order valence-electron chi connectivity index (χ0n) is 11.6. The van der Waals surface area contributed by atoms with E-state index in [-0.39, 0.29) is 5.60 Å². The second-order valence-corrected chi connectivity index (χ2v) is 6.16. The van der Waals surface area contributed by atoms with E-state index < -0.39 is 0 Å². The fraction of sp³-hybridized carbons (Fsp3) is 1.00. The zero-order chi connectivity index (χ0) is 12.1. The van der Waals surface area contributed by atoms with Crippen molar-refractivity contribution in [1.82, 2.24) is 5.32 Å². The molecule has 0 aromatic heterocycles. The average molecular weight is 239 g/mol. The third-order valence-electron chi connectivity index (χ3n) is 4.67. The summed E-state index contributed by atoms with van der Waals surface area (Å²) in [7, 11) is 0. The predicted molar refractivity (Wildman–Crippen MR) is 72.2 cm³/mol. The average Bonchev–Trinajstić information content (AvgIpc) is 2.96. The molecule has 2 fully saturated rings. The summed E-state index contributed by atoms with van der Waals surface area (Å²) in [6, 6.07) is 0.577. The molecule has 1 N–H and O–H groups in total. The molecule has 2 atom stereocenters. The Morgan fingerprint density at radius 1 is 1.29 bits per heavy atom. The van der Waals surface area contributed by atoms with Gasteiger partial charge in [-0.25, -0.2) is 0 Å². The Morgan fingerprint density at radius 3 is 2.65 bits per heavy atom. The van der Waals surface area contributed by atoms with Gasteiger partial charge in [-0.05, 0) is 45.1 Å². The number of hydrogen-bond acceptors (Lipinski definition) is 2. The summed E-state index contributed by atoms with van der Waals surface area (Å²) >= 11 is 0. The zero-order valence-corrected chi connectivity index (χ0v) is 11.6. The van der Waals surface area contributed by atoms with Gasteiger partial charge in [-0.1, -0.05) is 32.6 Å². The maximum Gasteiger partial charge on any atom is 0.0807 e. The Kier molecular flexibility index (Phi) is 4.87. The third-order valence-corrected chi connectivity index (χ3v) is 4.67. The highest BCUT2D eigenvalue weighted by Gasteiger charge is 2.39. The molecule has 1 aliphatic carbocycles. The van der Waals surface area contributed by atoms with Crippen LogP contribution in [0.3, 0.4) is 0 Å². The second kappa shape index (κ2) is 6.19. The van der Waals surface area contributed by atoms with E-state index in [9.17, 15) is 0 Å². The molecule has 0 amide bonds. The minimum Gasteiger partial charge on any atom is -0.374 e. The van der Waals surface area contributed by atoms with Gasteiger partial charge in [0.05, 0.1) is 5.60 Å². The number of ether oxygens (including phenoxy) is 1. The fourth-order valence-corrected chi connectivity index (χ4v) is 3.52. The van der Waals surface area contributed by atoms with Gasteiger partial charge in [-0.3, -0.25) is 0 Å². The molecule has 1 heterocycles. The standard InChI is InChI=1S/C15H29NO/c1-3-10-16-14(12-13-7-4-5-8-13)15(2)9-6-11-17-15/h13-14,16H,3-12H2,1-2H3. The fourth-order valence-electron chi connectivity index (χ4n) is 3.52. The SMILES string of the molecule is CCCNC(CC1CCCC1)C1(C)CCCO1. The van der Waals surface area contributed by atoms with E-state index in [2.05, 4.69) is 19.2 Å². The smallest absolute Gasteiger partial charge is 0.0807 e. The first kappa shape index (κ1) is 13.4. The molecule has 0 bridgehead atoms. The Hall–Kier alpha value is -0.0800. The van der Waals surface area contributed by atoms with Crippen LogP contribution in [0.15, 0.2) is 0 Å². The van der Waals surface area contributed by atoms with Gasteiger partial charge in [-0.15, -0.1) is 0 Å². The van der Waals surface area contributed by atoms with Crippen LogP contribution >= 0.6 is 0 Å². The highest BCUT2D eigenvalue weighted by atomic mass is 16.5. The molecule has 2 aliphatic rings. The topological polar surface area (TPSA) is 21.3 Å². The van der Waals surface area contributed by atoms with Crippen molar-refractivity contribution in [2.24, 2.45) is 5.92 Å². The van der Waals surface area contributed by atoms with Gasteiger partial charge in [0.1, 0.15) is 0 Å². The summed E-state index contributed by atoms with van der Waals surface area (Å²) in [5.41, 5.74) is 0.109. The molecule has 17 heavy (non-hydrogen) atoms. The minimum atomic E-state index is 0.109. The van der Waals surface area contributed by atoms with Gasteiger partial charge in [-0.2, -0.15) is 0 Å². The second-order valence-electron chi connectivity index (χ2n) is 6.16. The van der Waals surface area contributed by atoms with Crippen LogP contribution in [0.2, 0.25) is 0 Å². The van der Waals surface area contributed by atoms with Gasteiger partial charge in [0.15, 0.2) is 0 Å². The van der Waals surface area contributed by atoms with E-state index in [1.807, 2.05) is 0 Å². The van der Waals surface area contributed by atoms with Crippen LogP contribution in [0.4, 0.5) is 0 Å². The van der Waals surface area contributed by atoms with Crippen molar-refractivity contribution < 1.29 is 4.74 Å². The lowest BCUT2D eigenvalue weighted by atomic mass is 9.85. The summed E-state index contributed by atoms with van der Waals surface area (Å²) in [4.78, 5) is 0. The first-order valence-corrected chi connectivity index (χ1v) is 7.62. The van der Waals surface area contributed by atoms with E-state index in [0.717, 1.165) is 19.1 Å². The number of nitrogens with one attached hydrogen (secondary N) is 1. The predicted octanol–water partition coefficient (Wildman–Crippen LogP) is 3.50. The molecular formula is C15H29NO. The minimum absolute atomic E-state index is 0.109. The molecular weight excluding hydrogens is 210 g/mol. The summed E-state index contributed by atoms with van der Waals surface area (Å²) in [5.74, 6) is 0.949. The molecule has 100 valence electrons. The summed E-state index contributed by atoms with van der Waals surface area (Å²) in [5, 5.41) is 3.75. The molecule has 1 aliphatic heterocycles. The van der Waals surface area contributed by atoms with Crippen LogP contribution in [-0.2, 0) is 4.74 Å². The molecule has 2 unspecified atom stereocenters. The molecule has 0 radical (unpaired) electrons. The van der Waals surface area contributed by atoms with Crippen LogP contribution in [0.25, 0.3) is 0 Å². The molecule has 2 nitrogen and oxygen atoms in total. The first-order valence-electron chi connectivity index (χ1n) is 7.62. The van der Waals surface area contributed by atoms with Gasteiger partial charge < -0.3 is 10.1 Å². The van der Waals surface area contributed by atoms with Gasteiger partial charge in [0.25, 0.3) is 0 Å². The maximum atomic E-state index is 6.05. The van der Waals surface area contributed by atoms with Crippen LogP contribution in [0.1, 0.15) is 65.2 Å². The lowest BCUT2D eigenvalue weighted by molar-refractivity contribution is -0.0178. The third kappa shape index (κ3) is 3.45. The van der Waals surface area contributed by atoms with Crippen LogP contribution < -0.4 is 5.32 Å². The Balaban J connectivity index is 1.91. The first-order chi connectivity index (χ1) is 8.24. The normalized spacial score (nSPS) is 32.1. The molecule has 0 aromatic rings.